The van der Waals surface area contributed by atoms with Crippen LogP contribution in [0.2, 0.25) is 0 Å². The number of aryl methyl sites for hydroxylation is 2. The van der Waals surface area contributed by atoms with E-state index in [1.54, 1.807) is 19.9 Å². The van der Waals surface area contributed by atoms with Gasteiger partial charge in [0, 0.05) is 11.4 Å². The normalized spacial score (nSPS) is 10.3. The lowest BCUT2D eigenvalue weighted by atomic mass is 10.1. The number of pyridine rings is 1. The summed E-state index contributed by atoms with van der Waals surface area (Å²) in [6, 6.07) is 5.84. The average Bonchev–Trinajstić information content (AvgIpc) is 2.33. The van der Waals surface area contributed by atoms with Gasteiger partial charge in [-0.15, -0.1) is 0 Å². The largest absolute Gasteiger partial charge is 0.399 e. The second-order valence-corrected chi connectivity index (χ2v) is 5.29. The van der Waals surface area contributed by atoms with Crippen LogP contribution in [-0.4, -0.2) is 4.98 Å². The number of anilines is 1. The third-order valence-electron chi connectivity index (χ3n) is 2.64. The van der Waals surface area contributed by atoms with Crippen LogP contribution in [0, 0.1) is 36.8 Å². The minimum absolute atomic E-state index is 0.0123. The molecule has 3 nitrogen and oxygen atoms in total. The lowest BCUT2D eigenvalue weighted by molar-refractivity contribution is 0.541. The van der Waals surface area contributed by atoms with Gasteiger partial charge >= 0.3 is 0 Å². The Balaban J connectivity index is 2.54. The summed E-state index contributed by atoms with van der Waals surface area (Å²) in [7, 11) is 0. The smallest absolute Gasteiger partial charge is 0.142 e. The number of hydrogen-bond acceptors (Lipinski definition) is 4. The summed E-state index contributed by atoms with van der Waals surface area (Å²) in [5.41, 5.74) is 7.10. The molecule has 6 heteroatoms. The topological polar surface area (TPSA) is 62.7 Å². The van der Waals surface area contributed by atoms with Crippen LogP contribution >= 0.6 is 11.8 Å². The van der Waals surface area contributed by atoms with Gasteiger partial charge in [-0.2, -0.15) is 5.26 Å². The predicted molar refractivity (Wildman–Crippen MR) is 73.3 cm³/mol. The third kappa shape index (κ3) is 2.73. The zero-order valence-corrected chi connectivity index (χ0v) is 11.7. The highest BCUT2D eigenvalue weighted by atomic mass is 32.2. The van der Waals surface area contributed by atoms with E-state index >= 15 is 0 Å². The standard InChI is InChI=1S/C14H11F2N3S/c1-7-3-8(2)19-14(10(7)6-17)20-13-11(15)4-9(18)5-12(13)16/h3-5H,18H2,1-2H3. The fraction of sp³-hybridized carbons (Fsp3) is 0.143. The molecular weight excluding hydrogens is 280 g/mol. The van der Waals surface area contributed by atoms with E-state index in [1.165, 1.54) is 0 Å². The molecule has 1 aromatic heterocycles. The van der Waals surface area contributed by atoms with Crippen molar-refractivity contribution in [3.8, 4) is 6.07 Å². The Morgan fingerprint density at radius 3 is 2.35 bits per heavy atom. The highest BCUT2D eigenvalue weighted by Crippen LogP contribution is 2.34. The molecule has 0 aliphatic carbocycles. The molecule has 102 valence electrons. The number of aromatic nitrogens is 1. The summed E-state index contributed by atoms with van der Waals surface area (Å²) in [5, 5.41) is 9.42. The van der Waals surface area contributed by atoms with Gasteiger partial charge in [-0.3, -0.25) is 0 Å². The van der Waals surface area contributed by atoms with Crippen LogP contribution in [0.15, 0.2) is 28.1 Å². The van der Waals surface area contributed by atoms with Gasteiger partial charge in [-0.05, 0) is 37.6 Å². The van der Waals surface area contributed by atoms with E-state index in [-0.39, 0.29) is 15.6 Å². The molecule has 20 heavy (non-hydrogen) atoms. The van der Waals surface area contributed by atoms with Crippen LogP contribution in [0.1, 0.15) is 16.8 Å². The molecule has 0 atom stereocenters. The Morgan fingerprint density at radius 2 is 1.80 bits per heavy atom. The van der Waals surface area contributed by atoms with Crippen LogP contribution < -0.4 is 5.73 Å². The first-order valence-electron chi connectivity index (χ1n) is 5.73. The molecule has 2 N–H and O–H groups in total. The third-order valence-corrected chi connectivity index (χ3v) is 3.73. The summed E-state index contributed by atoms with van der Waals surface area (Å²) in [6.07, 6.45) is 0. The number of hydrogen-bond donors (Lipinski definition) is 1. The predicted octanol–water partition coefficient (Wildman–Crippen LogP) is 3.58. The van der Waals surface area contributed by atoms with Gasteiger partial charge in [0.2, 0.25) is 0 Å². The number of nitrogens with two attached hydrogens (primary N) is 1. The molecule has 0 amide bonds. The van der Waals surface area contributed by atoms with Gasteiger partial charge in [0.25, 0.3) is 0 Å². The number of benzene rings is 1. The molecule has 2 aromatic rings. The molecule has 0 aliphatic heterocycles. The quantitative estimate of drug-likeness (QED) is 0.859. The highest BCUT2D eigenvalue weighted by Gasteiger charge is 2.16. The van der Waals surface area contributed by atoms with E-state index in [0.717, 1.165) is 29.5 Å². The lowest BCUT2D eigenvalue weighted by Crippen LogP contribution is -1.97. The lowest BCUT2D eigenvalue weighted by Gasteiger charge is -2.09. The average molecular weight is 291 g/mol. The number of rotatable bonds is 2. The zero-order chi connectivity index (χ0) is 14.9. The van der Waals surface area contributed by atoms with E-state index in [4.69, 9.17) is 11.0 Å². The fourth-order valence-corrected chi connectivity index (χ4v) is 2.79. The zero-order valence-electron chi connectivity index (χ0n) is 10.9. The Morgan fingerprint density at radius 1 is 1.20 bits per heavy atom. The van der Waals surface area contributed by atoms with E-state index in [2.05, 4.69) is 4.98 Å². The van der Waals surface area contributed by atoms with E-state index < -0.39 is 11.6 Å². The minimum atomic E-state index is -0.766. The first kappa shape index (κ1) is 14.3. The van der Waals surface area contributed by atoms with E-state index in [1.807, 2.05) is 6.07 Å². The van der Waals surface area contributed by atoms with Crippen LogP contribution in [0.5, 0.6) is 0 Å². The molecule has 1 heterocycles. The molecule has 0 aliphatic rings. The van der Waals surface area contributed by atoms with Crippen molar-refractivity contribution in [2.75, 3.05) is 5.73 Å². The first-order valence-corrected chi connectivity index (χ1v) is 6.54. The highest BCUT2D eigenvalue weighted by molar-refractivity contribution is 7.99. The summed E-state index contributed by atoms with van der Waals surface area (Å²) >= 11 is 0.790. The van der Waals surface area contributed by atoms with Crippen LogP contribution in [-0.2, 0) is 0 Å². The van der Waals surface area contributed by atoms with Crippen molar-refractivity contribution in [2.45, 2.75) is 23.8 Å². The maximum Gasteiger partial charge on any atom is 0.142 e. The molecule has 0 bridgehead atoms. The maximum absolute atomic E-state index is 13.8. The molecule has 0 unspecified atom stereocenters. The molecule has 2 rings (SSSR count). The molecule has 0 fully saturated rings. The van der Waals surface area contributed by atoms with Crippen molar-refractivity contribution < 1.29 is 8.78 Å². The van der Waals surface area contributed by atoms with Crippen molar-refractivity contribution in [3.05, 3.63) is 46.7 Å². The Kier molecular flexibility index (Phi) is 3.91. The molecule has 0 radical (unpaired) electrons. The van der Waals surface area contributed by atoms with Crippen LogP contribution in [0.25, 0.3) is 0 Å². The fourth-order valence-electron chi connectivity index (χ4n) is 1.79. The number of nitrogen functional groups attached to an aromatic ring is 1. The Labute approximate surface area is 119 Å². The molecular formula is C14H11F2N3S. The summed E-state index contributed by atoms with van der Waals surface area (Å²) in [4.78, 5) is 3.97. The molecule has 0 saturated heterocycles. The van der Waals surface area contributed by atoms with E-state index in [9.17, 15) is 8.78 Å². The monoisotopic (exact) mass is 291 g/mol. The van der Waals surface area contributed by atoms with E-state index in [0.29, 0.717) is 11.3 Å². The second kappa shape index (κ2) is 5.47. The van der Waals surface area contributed by atoms with Crippen molar-refractivity contribution in [3.63, 3.8) is 0 Å². The van der Waals surface area contributed by atoms with Gasteiger partial charge in [-0.25, -0.2) is 13.8 Å². The Hall–Kier alpha value is -2.13. The number of nitrogens with zero attached hydrogens (tertiary/aromatic N) is 2. The summed E-state index contributed by atoms with van der Waals surface area (Å²) < 4.78 is 27.6. The molecule has 0 spiro atoms. The summed E-state index contributed by atoms with van der Waals surface area (Å²) in [5.74, 6) is -1.53. The van der Waals surface area contributed by atoms with Gasteiger partial charge in [-0.1, -0.05) is 11.8 Å². The maximum atomic E-state index is 13.8. The van der Waals surface area contributed by atoms with Crippen LogP contribution in [0.3, 0.4) is 0 Å². The van der Waals surface area contributed by atoms with Gasteiger partial charge < -0.3 is 5.73 Å². The number of nitriles is 1. The van der Waals surface area contributed by atoms with Gasteiger partial charge in [0.05, 0.1) is 10.5 Å². The minimum Gasteiger partial charge on any atom is -0.399 e. The van der Waals surface area contributed by atoms with Crippen molar-refractivity contribution in [2.24, 2.45) is 0 Å². The Bertz CT molecular complexity index is 700. The second-order valence-electron chi connectivity index (χ2n) is 4.29. The number of halogens is 2. The van der Waals surface area contributed by atoms with Crippen molar-refractivity contribution in [1.82, 2.24) is 4.98 Å². The summed E-state index contributed by atoms with van der Waals surface area (Å²) in [6.45, 7) is 3.51. The van der Waals surface area contributed by atoms with Crippen LogP contribution in [0.4, 0.5) is 14.5 Å². The van der Waals surface area contributed by atoms with Gasteiger partial charge in [0.1, 0.15) is 22.7 Å². The molecule has 0 saturated carbocycles. The first-order chi connectivity index (χ1) is 9.42. The van der Waals surface area contributed by atoms with Crippen molar-refractivity contribution >= 4 is 17.4 Å². The SMILES string of the molecule is Cc1cc(C)c(C#N)c(Sc2c(F)cc(N)cc2F)n1. The van der Waals surface area contributed by atoms with Gasteiger partial charge in [0.15, 0.2) is 0 Å². The molecule has 1 aromatic carbocycles. The van der Waals surface area contributed by atoms with Crippen molar-refractivity contribution in [1.29, 1.82) is 5.26 Å².